The summed E-state index contributed by atoms with van der Waals surface area (Å²) in [7, 11) is 0. The van der Waals surface area contributed by atoms with Gasteiger partial charge in [0.05, 0.1) is 6.26 Å². The zero-order valence-electron chi connectivity index (χ0n) is 13.7. The van der Waals surface area contributed by atoms with E-state index in [2.05, 4.69) is 0 Å². The van der Waals surface area contributed by atoms with Gasteiger partial charge < -0.3 is 14.2 Å². The molecule has 4 rings (SSSR count). The number of rotatable bonds is 3. The van der Waals surface area contributed by atoms with E-state index in [1.54, 1.807) is 29.2 Å². The van der Waals surface area contributed by atoms with Crippen molar-refractivity contribution in [3.8, 4) is 0 Å². The van der Waals surface area contributed by atoms with Gasteiger partial charge in [0, 0.05) is 32.1 Å². The molecule has 2 amide bonds. The average molecular weight is 342 g/mol. The standard InChI is InChI=1S/C19H19FN2O3/c20-14-5-3-13(4-6-14)15-12-16(15)18(23)21-7-9-22(10-8-21)19(24)17-2-1-11-25-17/h1-6,11,15-16H,7-10,12H2/t15?,16-/m1/s1. The molecule has 0 bridgehead atoms. The minimum Gasteiger partial charge on any atom is -0.459 e. The van der Waals surface area contributed by atoms with E-state index in [1.807, 2.05) is 4.90 Å². The second kappa shape index (κ2) is 6.35. The molecule has 0 radical (unpaired) electrons. The molecule has 1 saturated heterocycles. The van der Waals surface area contributed by atoms with Gasteiger partial charge in [0.25, 0.3) is 5.91 Å². The van der Waals surface area contributed by atoms with Crippen LogP contribution in [0.2, 0.25) is 0 Å². The van der Waals surface area contributed by atoms with Crippen molar-refractivity contribution < 1.29 is 18.4 Å². The third-order valence-electron chi connectivity index (χ3n) is 5.02. The first-order valence-electron chi connectivity index (χ1n) is 8.50. The number of amides is 2. The van der Waals surface area contributed by atoms with E-state index in [0.29, 0.717) is 31.9 Å². The van der Waals surface area contributed by atoms with Gasteiger partial charge in [-0.3, -0.25) is 9.59 Å². The Kier molecular flexibility index (Phi) is 4.03. The van der Waals surface area contributed by atoms with Crippen LogP contribution in [-0.4, -0.2) is 47.8 Å². The number of nitrogens with zero attached hydrogens (tertiary/aromatic N) is 2. The van der Waals surface area contributed by atoms with Crippen LogP contribution in [-0.2, 0) is 4.79 Å². The maximum Gasteiger partial charge on any atom is 0.289 e. The lowest BCUT2D eigenvalue weighted by Gasteiger charge is -2.34. The van der Waals surface area contributed by atoms with Gasteiger partial charge in [0.2, 0.25) is 5.91 Å². The predicted octanol–water partition coefficient (Wildman–Crippen LogP) is 2.51. The quantitative estimate of drug-likeness (QED) is 0.861. The summed E-state index contributed by atoms with van der Waals surface area (Å²) in [6.45, 7) is 2.11. The van der Waals surface area contributed by atoms with E-state index in [-0.39, 0.29) is 29.5 Å². The van der Waals surface area contributed by atoms with Gasteiger partial charge in [0.15, 0.2) is 5.76 Å². The maximum absolute atomic E-state index is 13.0. The van der Waals surface area contributed by atoms with E-state index in [0.717, 1.165) is 12.0 Å². The minimum atomic E-state index is -0.260. The molecule has 2 fully saturated rings. The first kappa shape index (κ1) is 15.9. The van der Waals surface area contributed by atoms with E-state index >= 15 is 0 Å². The van der Waals surface area contributed by atoms with Crippen molar-refractivity contribution in [1.29, 1.82) is 0 Å². The molecule has 1 saturated carbocycles. The monoisotopic (exact) mass is 342 g/mol. The third-order valence-corrected chi connectivity index (χ3v) is 5.02. The largest absolute Gasteiger partial charge is 0.459 e. The van der Waals surface area contributed by atoms with Crippen LogP contribution in [0.4, 0.5) is 4.39 Å². The molecule has 1 aromatic carbocycles. The van der Waals surface area contributed by atoms with Gasteiger partial charge in [-0.25, -0.2) is 4.39 Å². The van der Waals surface area contributed by atoms with Crippen molar-refractivity contribution in [3.05, 3.63) is 59.8 Å². The summed E-state index contributed by atoms with van der Waals surface area (Å²) in [5, 5.41) is 0. The Morgan fingerprint density at radius 2 is 1.68 bits per heavy atom. The summed E-state index contributed by atoms with van der Waals surface area (Å²) in [5.41, 5.74) is 1.02. The van der Waals surface area contributed by atoms with Gasteiger partial charge in [-0.2, -0.15) is 0 Å². The zero-order chi connectivity index (χ0) is 17.4. The summed E-state index contributed by atoms with van der Waals surface area (Å²) in [6.07, 6.45) is 2.30. The van der Waals surface area contributed by atoms with Crippen molar-refractivity contribution >= 4 is 11.8 Å². The molecule has 0 N–H and O–H groups in total. The highest BCUT2D eigenvalue weighted by Crippen LogP contribution is 2.48. The molecule has 1 aliphatic carbocycles. The molecule has 1 aliphatic heterocycles. The minimum absolute atomic E-state index is 0.0159. The molecule has 2 aliphatic rings. The van der Waals surface area contributed by atoms with Crippen molar-refractivity contribution in [2.45, 2.75) is 12.3 Å². The molecule has 2 atom stereocenters. The van der Waals surface area contributed by atoms with Crippen LogP contribution in [0.5, 0.6) is 0 Å². The summed E-state index contributed by atoms with van der Waals surface area (Å²) >= 11 is 0. The molecular weight excluding hydrogens is 323 g/mol. The normalized spacial score (nSPS) is 22.8. The topological polar surface area (TPSA) is 53.8 Å². The second-order valence-corrected chi connectivity index (χ2v) is 6.60. The maximum atomic E-state index is 13.0. The lowest BCUT2D eigenvalue weighted by molar-refractivity contribution is -0.134. The van der Waals surface area contributed by atoms with Gasteiger partial charge in [-0.05, 0) is 42.2 Å². The number of benzene rings is 1. The van der Waals surface area contributed by atoms with Crippen LogP contribution >= 0.6 is 0 Å². The molecule has 6 heteroatoms. The van der Waals surface area contributed by atoms with E-state index in [1.165, 1.54) is 18.4 Å². The molecule has 1 unspecified atom stereocenters. The van der Waals surface area contributed by atoms with Crippen molar-refractivity contribution in [3.63, 3.8) is 0 Å². The van der Waals surface area contributed by atoms with Gasteiger partial charge >= 0.3 is 0 Å². The fraction of sp³-hybridized carbons (Fsp3) is 0.368. The second-order valence-electron chi connectivity index (χ2n) is 6.60. The van der Waals surface area contributed by atoms with Crippen molar-refractivity contribution in [2.24, 2.45) is 5.92 Å². The van der Waals surface area contributed by atoms with Crippen molar-refractivity contribution in [2.75, 3.05) is 26.2 Å². The summed E-state index contributed by atoms with van der Waals surface area (Å²) < 4.78 is 18.2. The number of hydrogen-bond acceptors (Lipinski definition) is 3. The fourth-order valence-electron chi connectivity index (χ4n) is 3.47. The van der Waals surface area contributed by atoms with Crippen LogP contribution in [0.15, 0.2) is 47.1 Å². The molecule has 5 nitrogen and oxygen atoms in total. The Morgan fingerprint density at radius 1 is 1.00 bits per heavy atom. The Balaban J connectivity index is 1.32. The lowest BCUT2D eigenvalue weighted by Crippen LogP contribution is -2.51. The van der Waals surface area contributed by atoms with Crippen LogP contribution in [0.1, 0.15) is 28.5 Å². The SMILES string of the molecule is O=C(c1ccco1)N1CCN(C(=O)[C@@H]2CC2c2ccc(F)cc2)CC1. The molecular formula is C19H19FN2O3. The highest BCUT2D eigenvalue weighted by Gasteiger charge is 2.46. The fourth-order valence-corrected chi connectivity index (χ4v) is 3.47. The highest BCUT2D eigenvalue weighted by atomic mass is 19.1. The molecule has 0 spiro atoms. The number of piperazine rings is 1. The van der Waals surface area contributed by atoms with E-state index in [9.17, 15) is 14.0 Å². The highest BCUT2D eigenvalue weighted by molar-refractivity contribution is 5.91. The van der Waals surface area contributed by atoms with E-state index in [4.69, 9.17) is 4.42 Å². The van der Waals surface area contributed by atoms with Gasteiger partial charge in [0.1, 0.15) is 5.82 Å². The number of carbonyl (C=O) groups excluding carboxylic acids is 2. The lowest BCUT2D eigenvalue weighted by atomic mass is 10.1. The van der Waals surface area contributed by atoms with Gasteiger partial charge in [-0.15, -0.1) is 0 Å². The van der Waals surface area contributed by atoms with Crippen molar-refractivity contribution in [1.82, 2.24) is 9.80 Å². The number of hydrogen-bond donors (Lipinski definition) is 0. The molecule has 2 heterocycles. The van der Waals surface area contributed by atoms with Crippen LogP contribution in [0.25, 0.3) is 0 Å². The Morgan fingerprint density at radius 3 is 2.32 bits per heavy atom. The molecule has 25 heavy (non-hydrogen) atoms. The summed E-state index contributed by atoms with van der Waals surface area (Å²) in [5.74, 6) is 0.253. The Bertz CT molecular complexity index is 764. The Labute approximate surface area is 145 Å². The number of halogens is 1. The van der Waals surface area contributed by atoms with Crippen LogP contribution in [0.3, 0.4) is 0 Å². The van der Waals surface area contributed by atoms with Crippen LogP contribution < -0.4 is 0 Å². The molecule has 2 aromatic rings. The zero-order valence-corrected chi connectivity index (χ0v) is 13.7. The summed E-state index contributed by atoms with van der Waals surface area (Å²) in [6, 6.07) is 9.73. The van der Waals surface area contributed by atoms with Gasteiger partial charge in [-0.1, -0.05) is 12.1 Å². The first-order chi connectivity index (χ1) is 12.1. The Hall–Kier alpha value is -2.63. The van der Waals surface area contributed by atoms with Crippen LogP contribution in [0, 0.1) is 11.7 Å². The number of furan rings is 1. The summed E-state index contributed by atoms with van der Waals surface area (Å²) in [4.78, 5) is 28.4. The third kappa shape index (κ3) is 3.16. The number of carbonyl (C=O) groups is 2. The van der Waals surface area contributed by atoms with E-state index < -0.39 is 0 Å². The molecule has 1 aromatic heterocycles. The first-order valence-corrected chi connectivity index (χ1v) is 8.50. The predicted molar refractivity (Wildman–Crippen MR) is 88.4 cm³/mol. The average Bonchev–Trinajstić information content (AvgIpc) is 3.25. The molecule has 130 valence electrons. The smallest absolute Gasteiger partial charge is 0.289 e.